The van der Waals surface area contributed by atoms with Crippen molar-refractivity contribution >= 4 is 18.0 Å². The lowest BCUT2D eigenvalue weighted by Crippen LogP contribution is -2.60. The molecule has 1 saturated carbocycles. The van der Waals surface area contributed by atoms with E-state index in [4.69, 9.17) is 23.7 Å². The van der Waals surface area contributed by atoms with Crippen molar-refractivity contribution in [2.75, 3.05) is 6.54 Å². The molecule has 1 saturated heterocycles. The van der Waals surface area contributed by atoms with Crippen LogP contribution in [0.4, 0.5) is 4.79 Å². The Morgan fingerprint density at radius 2 is 1.33 bits per heavy atom. The molecule has 0 bridgehead atoms. The van der Waals surface area contributed by atoms with Crippen LogP contribution in [0.1, 0.15) is 44.2 Å². The Kier molecular flexibility index (Phi) is 13.5. The Labute approximate surface area is 281 Å². The molecule has 8 atom stereocenters. The van der Waals surface area contributed by atoms with E-state index in [2.05, 4.69) is 30.1 Å². The summed E-state index contributed by atoms with van der Waals surface area (Å²) in [5.74, 6) is -1.53. The van der Waals surface area contributed by atoms with Gasteiger partial charge in [-0.1, -0.05) is 76.0 Å². The normalized spacial score (nSPS) is 26.0. The standard InChI is InChI=1S/C31H36N10O8/c1-19(42)46-27-25(36-39-33)15-26(37-40-34)28(29(27)47-20(2)43)49-30-24(35-38-32)14-13-23(48-30)17-41(16-21-9-5-3-6-10-21)31(44)45-18-22-11-7-4-8-12-22/h3-12,23-30H,13-18H2,1-2H3. The summed E-state index contributed by atoms with van der Waals surface area (Å²) in [6, 6.07) is 15.5. The van der Waals surface area contributed by atoms with Gasteiger partial charge >= 0.3 is 18.0 Å². The Bertz CT molecular complexity index is 1580. The average molecular weight is 677 g/mol. The molecule has 2 aromatic carbocycles. The molecule has 1 amide bonds. The minimum atomic E-state index is -1.40. The lowest BCUT2D eigenvalue weighted by molar-refractivity contribution is -0.259. The molecule has 0 N–H and O–H groups in total. The maximum absolute atomic E-state index is 13.4. The highest BCUT2D eigenvalue weighted by Crippen LogP contribution is 2.35. The van der Waals surface area contributed by atoms with Crippen molar-refractivity contribution in [3.63, 3.8) is 0 Å². The summed E-state index contributed by atoms with van der Waals surface area (Å²) in [5, 5.41) is 11.3. The van der Waals surface area contributed by atoms with E-state index in [1.165, 1.54) is 4.90 Å². The number of carbonyl (C=O) groups is 3. The average Bonchev–Trinajstić information content (AvgIpc) is 3.08. The van der Waals surface area contributed by atoms with Gasteiger partial charge in [-0.25, -0.2) is 4.79 Å². The maximum Gasteiger partial charge on any atom is 0.410 e. The van der Waals surface area contributed by atoms with E-state index in [1.807, 2.05) is 60.7 Å². The molecule has 0 aromatic heterocycles. The van der Waals surface area contributed by atoms with E-state index < -0.39 is 66.9 Å². The van der Waals surface area contributed by atoms with Gasteiger partial charge in [0.05, 0.1) is 30.8 Å². The number of azide groups is 3. The molecule has 0 radical (unpaired) electrons. The Balaban J connectivity index is 1.60. The molecule has 258 valence electrons. The number of amides is 1. The molecule has 0 spiro atoms. The highest BCUT2D eigenvalue weighted by Gasteiger charge is 2.51. The van der Waals surface area contributed by atoms with Crippen molar-refractivity contribution in [1.82, 2.24) is 4.90 Å². The number of hydrogen-bond donors (Lipinski definition) is 0. The predicted octanol–water partition coefficient (Wildman–Crippen LogP) is 6.02. The van der Waals surface area contributed by atoms with Gasteiger partial charge in [-0.2, -0.15) is 0 Å². The fourth-order valence-electron chi connectivity index (χ4n) is 5.83. The van der Waals surface area contributed by atoms with Crippen molar-refractivity contribution in [2.45, 2.75) is 95.1 Å². The highest BCUT2D eigenvalue weighted by molar-refractivity contribution is 5.68. The second-order valence-corrected chi connectivity index (χ2v) is 11.4. The van der Waals surface area contributed by atoms with Crippen molar-refractivity contribution in [3.8, 4) is 0 Å². The number of nitrogens with zero attached hydrogens (tertiary/aromatic N) is 10. The van der Waals surface area contributed by atoms with E-state index >= 15 is 0 Å². The van der Waals surface area contributed by atoms with Crippen LogP contribution in [0, 0.1) is 0 Å². The fraction of sp³-hybridized carbons (Fsp3) is 0.516. The van der Waals surface area contributed by atoms with Crippen LogP contribution in [0.3, 0.4) is 0 Å². The summed E-state index contributed by atoms with van der Waals surface area (Å²) in [6.07, 6.45) is -5.97. The molecular formula is C31H36N10O8. The van der Waals surface area contributed by atoms with Crippen molar-refractivity contribution in [1.29, 1.82) is 0 Å². The smallest absolute Gasteiger partial charge is 0.410 e. The molecule has 2 aromatic rings. The molecule has 18 heteroatoms. The minimum Gasteiger partial charge on any atom is -0.458 e. The van der Waals surface area contributed by atoms with Crippen LogP contribution in [0.15, 0.2) is 76.0 Å². The van der Waals surface area contributed by atoms with E-state index in [1.54, 1.807) is 0 Å². The first kappa shape index (κ1) is 36.3. The minimum absolute atomic E-state index is 0.0571. The van der Waals surface area contributed by atoms with Crippen LogP contribution < -0.4 is 0 Å². The third-order valence-electron chi connectivity index (χ3n) is 7.91. The lowest BCUT2D eigenvalue weighted by atomic mass is 9.84. The van der Waals surface area contributed by atoms with Gasteiger partial charge in [0.15, 0.2) is 12.4 Å². The van der Waals surface area contributed by atoms with Crippen LogP contribution in [0.25, 0.3) is 31.3 Å². The molecule has 49 heavy (non-hydrogen) atoms. The third-order valence-corrected chi connectivity index (χ3v) is 7.91. The first-order valence-electron chi connectivity index (χ1n) is 15.5. The Hall–Kier alpha value is -5.50. The van der Waals surface area contributed by atoms with Crippen LogP contribution in [-0.4, -0.2) is 78.3 Å². The lowest BCUT2D eigenvalue weighted by Gasteiger charge is -2.45. The summed E-state index contributed by atoms with van der Waals surface area (Å²) >= 11 is 0. The molecule has 18 nitrogen and oxygen atoms in total. The molecule has 1 heterocycles. The van der Waals surface area contributed by atoms with Crippen LogP contribution in [0.5, 0.6) is 0 Å². The molecule has 2 aliphatic rings. The van der Waals surface area contributed by atoms with Crippen molar-refractivity contribution in [2.24, 2.45) is 15.3 Å². The third kappa shape index (κ3) is 10.5. The zero-order valence-electron chi connectivity index (χ0n) is 26.9. The number of hydrogen-bond acceptors (Lipinski definition) is 11. The van der Waals surface area contributed by atoms with E-state index in [0.29, 0.717) is 6.42 Å². The van der Waals surface area contributed by atoms with Gasteiger partial charge in [-0.3, -0.25) is 9.59 Å². The Morgan fingerprint density at radius 1 is 0.776 bits per heavy atom. The summed E-state index contributed by atoms with van der Waals surface area (Å²) in [5.41, 5.74) is 29.5. The number of ether oxygens (including phenoxy) is 5. The Morgan fingerprint density at radius 3 is 1.92 bits per heavy atom. The van der Waals surface area contributed by atoms with Gasteiger partial charge in [0.1, 0.15) is 18.8 Å². The van der Waals surface area contributed by atoms with Gasteiger partial charge in [0.2, 0.25) is 0 Å². The summed E-state index contributed by atoms with van der Waals surface area (Å²) in [4.78, 5) is 47.8. The highest BCUT2D eigenvalue weighted by atomic mass is 16.7. The van der Waals surface area contributed by atoms with Crippen LogP contribution in [0.2, 0.25) is 0 Å². The van der Waals surface area contributed by atoms with Gasteiger partial charge in [-0.15, -0.1) is 0 Å². The molecule has 4 rings (SSSR count). The van der Waals surface area contributed by atoms with Crippen LogP contribution >= 0.6 is 0 Å². The fourth-order valence-corrected chi connectivity index (χ4v) is 5.83. The molecule has 1 aliphatic carbocycles. The maximum atomic E-state index is 13.4. The monoisotopic (exact) mass is 676 g/mol. The number of benzene rings is 2. The number of esters is 2. The van der Waals surface area contributed by atoms with E-state index in [-0.39, 0.29) is 32.5 Å². The zero-order valence-corrected chi connectivity index (χ0v) is 26.9. The van der Waals surface area contributed by atoms with Crippen molar-refractivity contribution < 1.29 is 38.1 Å². The van der Waals surface area contributed by atoms with Gasteiger partial charge in [-0.05, 0) is 47.0 Å². The first-order chi connectivity index (χ1) is 23.7. The van der Waals surface area contributed by atoms with E-state index in [0.717, 1.165) is 25.0 Å². The zero-order chi connectivity index (χ0) is 35.2. The SMILES string of the molecule is CC(=O)OC1C(N=[N+]=[N-])CC(N=[N+]=[N-])C(OC2OC(CN(Cc3ccccc3)C(=O)OCc3ccccc3)CCC2N=[N+]=[N-])C1OC(C)=O. The van der Waals surface area contributed by atoms with Crippen LogP contribution in [-0.2, 0) is 46.4 Å². The molecule has 1 aliphatic heterocycles. The molecular weight excluding hydrogens is 640 g/mol. The van der Waals surface area contributed by atoms with E-state index in [9.17, 15) is 31.0 Å². The first-order valence-corrected chi connectivity index (χ1v) is 15.5. The molecule has 8 unspecified atom stereocenters. The van der Waals surface area contributed by atoms with Gasteiger partial charge in [0, 0.05) is 35.1 Å². The summed E-state index contributed by atoms with van der Waals surface area (Å²) < 4.78 is 29.2. The second-order valence-electron chi connectivity index (χ2n) is 11.4. The quantitative estimate of drug-likeness (QED) is 0.0795. The van der Waals surface area contributed by atoms with Crippen molar-refractivity contribution in [3.05, 3.63) is 103 Å². The predicted molar refractivity (Wildman–Crippen MR) is 171 cm³/mol. The number of carbonyl (C=O) groups excluding carboxylic acids is 3. The molecule has 2 fully saturated rings. The largest absolute Gasteiger partial charge is 0.458 e. The van der Waals surface area contributed by atoms with Gasteiger partial charge in [0.25, 0.3) is 0 Å². The number of rotatable bonds is 13. The topological polar surface area (TPSA) is 247 Å². The summed E-state index contributed by atoms with van der Waals surface area (Å²) in [6.45, 7) is 2.59. The van der Waals surface area contributed by atoms with Gasteiger partial charge < -0.3 is 28.6 Å². The second kappa shape index (κ2) is 18.2. The summed E-state index contributed by atoms with van der Waals surface area (Å²) in [7, 11) is 0.